The molecule has 2 aromatic rings. The lowest BCUT2D eigenvalue weighted by molar-refractivity contribution is -0.700. The number of phenolic OH excluding ortho intramolecular Hbond substituents is 1. The van der Waals surface area contributed by atoms with Gasteiger partial charge in [-0.3, -0.25) is 37.1 Å². The van der Waals surface area contributed by atoms with E-state index in [4.69, 9.17) is 32.1 Å². The normalized spacial score (nSPS) is 14.6. The molecule has 0 spiro atoms. The van der Waals surface area contributed by atoms with Gasteiger partial charge in [-0.1, -0.05) is 53.3 Å². The zero-order valence-electron chi connectivity index (χ0n) is 40.8. The zero-order valence-corrected chi connectivity index (χ0v) is 45.1. The number of amides is 1. The highest BCUT2D eigenvalue weighted by Gasteiger charge is 2.28. The van der Waals surface area contributed by atoms with Crippen LogP contribution in [0.5, 0.6) is 5.75 Å². The fourth-order valence-corrected chi connectivity index (χ4v) is 11.2. The number of hydrogen-bond donors (Lipinski definition) is 7. The number of phenols is 1. The molecule has 25 nitrogen and oxygen atoms in total. The Hall–Kier alpha value is -3.92. The largest absolute Gasteiger partial charge is 0.526 e. The number of rotatable bonds is 41. The van der Waals surface area contributed by atoms with Gasteiger partial charge in [0.1, 0.15) is 30.0 Å². The second-order valence-electron chi connectivity index (χ2n) is 15.9. The second kappa shape index (κ2) is 34.1. The van der Waals surface area contributed by atoms with Gasteiger partial charge in [-0.2, -0.15) is 0 Å². The summed E-state index contributed by atoms with van der Waals surface area (Å²) in [6.45, 7) is -0.129. The van der Waals surface area contributed by atoms with Crippen molar-refractivity contribution in [2.45, 2.75) is 71.1 Å². The number of phosphoric ester groups is 3. The first kappa shape index (κ1) is 63.6. The summed E-state index contributed by atoms with van der Waals surface area (Å²) in [5.74, 6) is -0.613. The predicted octanol–water partition coefficient (Wildman–Crippen LogP) is 9.22. The summed E-state index contributed by atoms with van der Waals surface area (Å²) in [6.07, 6.45) is 8.29. The van der Waals surface area contributed by atoms with Crippen molar-refractivity contribution in [1.82, 2.24) is 5.32 Å². The third-order valence-corrected chi connectivity index (χ3v) is 15.8. The van der Waals surface area contributed by atoms with Crippen molar-refractivity contribution in [2.24, 2.45) is 5.92 Å². The van der Waals surface area contributed by atoms with Crippen LogP contribution in [0.15, 0.2) is 76.3 Å². The highest BCUT2D eigenvalue weighted by Crippen LogP contribution is 2.47. The van der Waals surface area contributed by atoms with Crippen molar-refractivity contribution in [3.8, 4) is 28.2 Å². The number of carboxylic acids is 1. The Bertz CT molecular complexity index is 2590. The van der Waals surface area contributed by atoms with Gasteiger partial charge in [0.25, 0.3) is 5.91 Å². The first-order valence-corrected chi connectivity index (χ1v) is 30.4. The van der Waals surface area contributed by atoms with Crippen molar-refractivity contribution in [3.05, 3.63) is 88.5 Å². The number of carboxylic acid groups (broad SMARTS) is 1. The number of carbonyl (C=O) groups excluding carboxylic acids is 1. The summed E-state index contributed by atoms with van der Waals surface area (Å²) in [6, 6.07) is 12.5. The van der Waals surface area contributed by atoms with E-state index in [1.807, 2.05) is 21.6 Å². The van der Waals surface area contributed by atoms with Gasteiger partial charge in [0.2, 0.25) is 0 Å². The van der Waals surface area contributed by atoms with E-state index in [9.17, 15) is 53.0 Å². The Morgan fingerprint density at radius 1 is 0.720 bits per heavy atom. The van der Waals surface area contributed by atoms with Crippen molar-refractivity contribution in [1.29, 1.82) is 0 Å². The minimum atomic E-state index is -4.83. The van der Waals surface area contributed by atoms with Crippen molar-refractivity contribution in [3.63, 3.8) is 0 Å². The summed E-state index contributed by atoms with van der Waals surface area (Å²) >= 11 is 0. The Balaban J connectivity index is 1.14. The first-order valence-electron chi connectivity index (χ1n) is 23.5. The van der Waals surface area contributed by atoms with Crippen molar-refractivity contribution in [2.75, 3.05) is 64.3 Å². The number of aliphatic hydroxyl groups is 1. The minimum Gasteiger partial charge on any atom is -0.508 e. The first-order chi connectivity index (χ1) is 35.9. The number of hydrogen-bond acceptors (Lipinski definition) is 22. The predicted molar refractivity (Wildman–Crippen MR) is 273 cm³/mol. The van der Waals surface area contributed by atoms with Gasteiger partial charge < -0.3 is 44.3 Å². The SMILES string of the molecule is CCOP(=O)(O)OCC(CCCCNC(=O)c1ccc(-c2c3ccc(=O)cc-3oc3cc(O)ccc23)c(C(=O)O)c1)COP(=O)(O)O/C=C/OOOOOCCOP(=O)(O)OCCCCCCSSCCCCCO. The van der Waals surface area contributed by atoms with E-state index < -0.39 is 67.7 Å². The number of fused-ring (bicyclic) bond motifs is 2. The fourth-order valence-electron chi connectivity index (χ4n) is 6.75. The summed E-state index contributed by atoms with van der Waals surface area (Å²) in [5.41, 5.74) is 0.703. The number of aromatic carboxylic acids is 1. The highest BCUT2D eigenvalue weighted by atomic mass is 33.1. The van der Waals surface area contributed by atoms with Crippen LogP contribution in [0.2, 0.25) is 0 Å². The maximum Gasteiger partial charge on any atom is 0.526 e. The monoisotopic (exact) mass is 1160 g/mol. The highest BCUT2D eigenvalue weighted by molar-refractivity contribution is 8.76. The van der Waals surface area contributed by atoms with Crippen molar-refractivity contribution >= 4 is 67.9 Å². The molecule has 7 N–H and O–H groups in total. The molecular weight excluding hydrogens is 1100 g/mol. The van der Waals surface area contributed by atoms with Crippen LogP contribution in [0.3, 0.4) is 0 Å². The molecule has 2 aliphatic rings. The van der Waals surface area contributed by atoms with Gasteiger partial charge in [-0.15, -0.1) is 0 Å². The van der Waals surface area contributed by atoms with Crippen LogP contribution in [0.25, 0.3) is 33.4 Å². The van der Waals surface area contributed by atoms with Crippen molar-refractivity contribution < 1.29 is 110 Å². The molecule has 0 radical (unpaired) electrons. The molecule has 0 bridgehead atoms. The number of benzene rings is 3. The van der Waals surface area contributed by atoms with E-state index in [-0.39, 0.29) is 72.0 Å². The average molecular weight is 1160 g/mol. The molecular formula is C45H62NO24P3S2. The maximum atomic E-state index is 13.2. The number of nitrogens with one attached hydrogen (secondary N) is 1. The van der Waals surface area contributed by atoms with Crippen LogP contribution >= 0.6 is 45.1 Å². The Kier molecular flexibility index (Phi) is 28.9. The smallest absolute Gasteiger partial charge is 0.508 e. The molecule has 75 heavy (non-hydrogen) atoms. The molecule has 0 saturated heterocycles. The molecule has 1 heterocycles. The number of aromatic hydroxyl groups is 1. The van der Waals surface area contributed by atoms with E-state index in [0.717, 1.165) is 50.0 Å². The fraction of sp³-hybridized carbons (Fsp3) is 0.489. The standard InChI is InChI=1S/C45H62NO24P3S2/c1-2-61-71(53,54)65-31-33(32-66-73(57,58)64-25-23-60-69-70-68-59-22-24-63-72(55,56)62-21-9-3-4-10-26-74-75-27-11-5-8-20-47)12-6-7-19-46-44(50)34-13-16-37(40(28-34)45(51)52)43-38-17-14-35(48)29-41(38)67-42-30-36(49)15-18-39(42)43/h13-18,23,25,28-30,33,47-48H,2-12,19-22,24,26-27,31-32H2,1H3,(H,46,50)(H,51,52)(H,53,54)(H,55,56)(H,57,58)/b25-23+. The lowest BCUT2D eigenvalue weighted by atomic mass is 9.90. The Morgan fingerprint density at radius 2 is 1.41 bits per heavy atom. The van der Waals surface area contributed by atoms with Gasteiger partial charge in [0.05, 0.1) is 38.6 Å². The van der Waals surface area contributed by atoms with Crippen LogP contribution in [0.1, 0.15) is 91.8 Å². The van der Waals surface area contributed by atoms with Gasteiger partial charge in [-0.25, -0.2) is 23.4 Å². The maximum absolute atomic E-state index is 13.2. The molecule has 30 heteroatoms. The van der Waals surface area contributed by atoms with Crippen LogP contribution < -0.4 is 10.7 Å². The van der Waals surface area contributed by atoms with Crippen LogP contribution in [0.4, 0.5) is 0 Å². The van der Waals surface area contributed by atoms with E-state index >= 15 is 0 Å². The zero-order chi connectivity index (χ0) is 54.5. The van der Waals surface area contributed by atoms with E-state index in [0.29, 0.717) is 48.3 Å². The lowest BCUT2D eigenvalue weighted by Gasteiger charge is -2.20. The summed E-state index contributed by atoms with van der Waals surface area (Å²) in [7, 11) is -10.00. The van der Waals surface area contributed by atoms with Gasteiger partial charge in [0.15, 0.2) is 11.7 Å². The van der Waals surface area contributed by atoms with E-state index in [1.54, 1.807) is 6.07 Å². The third-order valence-electron chi connectivity index (χ3n) is 10.2. The summed E-state index contributed by atoms with van der Waals surface area (Å²) < 4.78 is 71.7. The molecule has 0 fully saturated rings. The minimum absolute atomic E-state index is 0.0242. The number of aliphatic hydroxyl groups excluding tert-OH is 1. The molecule has 0 saturated carbocycles. The Labute approximate surface area is 439 Å². The average Bonchev–Trinajstić information content (AvgIpc) is 3.36. The molecule has 4 atom stereocenters. The van der Waals surface area contributed by atoms with E-state index in [1.165, 1.54) is 55.5 Å². The third kappa shape index (κ3) is 24.5. The molecule has 0 aromatic heterocycles. The molecule has 4 rings (SSSR count). The number of carbonyl (C=O) groups is 2. The molecule has 1 aliphatic heterocycles. The molecule has 1 aliphatic carbocycles. The lowest BCUT2D eigenvalue weighted by Crippen LogP contribution is -2.25. The molecule has 2 aromatic carbocycles. The van der Waals surface area contributed by atoms with Crippen LogP contribution in [0, 0.1) is 5.92 Å². The van der Waals surface area contributed by atoms with Gasteiger partial charge in [0, 0.05) is 74.9 Å². The van der Waals surface area contributed by atoms with E-state index in [2.05, 4.69) is 34.7 Å². The molecule has 1 amide bonds. The molecule has 418 valence electrons. The van der Waals surface area contributed by atoms with Crippen LogP contribution in [-0.4, -0.2) is 106 Å². The topological polar surface area (TPSA) is 351 Å². The Morgan fingerprint density at radius 3 is 2.15 bits per heavy atom. The van der Waals surface area contributed by atoms with Gasteiger partial charge >= 0.3 is 29.4 Å². The second-order valence-corrected chi connectivity index (χ2v) is 22.9. The van der Waals surface area contributed by atoms with Gasteiger partial charge in [-0.05, 0) is 92.4 Å². The summed E-state index contributed by atoms with van der Waals surface area (Å²) in [4.78, 5) is 76.8. The van der Waals surface area contributed by atoms with Crippen LogP contribution in [-0.2, 0) is 65.7 Å². The number of phosphoric acid groups is 3. The molecule has 4 unspecified atom stereocenters. The quantitative estimate of drug-likeness (QED) is 0.00414. The summed E-state index contributed by atoms with van der Waals surface area (Å²) in [5, 5.41) is 44.7. The number of unbranched alkanes of at least 4 members (excludes halogenated alkanes) is 6.